The lowest BCUT2D eigenvalue weighted by Crippen LogP contribution is -2.28. The lowest BCUT2D eigenvalue weighted by atomic mass is 10.1. The molecule has 1 atom stereocenters. The molecule has 0 aliphatic carbocycles. The Kier molecular flexibility index (Phi) is 3.94. The second-order valence-corrected chi connectivity index (χ2v) is 5.01. The van der Waals surface area contributed by atoms with Gasteiger partial charge in [-0.3, -0.25) is 4.79 Å². The lowest BCUT2D eigenvalue weighted by Gasteiger charge is -2.11. The summed E-state index contributed by atoms with van der Waals surface area (Å²) in [6.07, 6.45) is 2.07. The van der Waals surface area contributed by atoms with Gasteiger partial charge in [-0.05, 0) is 24.6 Å². The minimum atomic E-state index is -0.0569. The Hall–Kier alpha value is -1.88. The molecule has 0 aliphatic rings. The summed E-state index contributed by atoms with van der Waals surface area (Å²) < 4.78 is 0. The van der Waals surface area contributed by atoms with Crippen molar-refractivity contribution in [2.75, 3.05) is 5.73 Å². The molecule has 1 unspecified atom stereocenters. The molecular weight excluding hydrogens is 246 g/mol. The van der Waals surface area contributed by atoms with E-state index in [-0.39, 0.29) is 11.9 Å². The lowest BCUT2D eigenvalue weighted by molar-refractivity contribution is -0.121. The number of anilines is 1. The van der Waals surface area contributed by atoms with Crippen LogP contribution in [0.5, 0.6) is 0 Å². The predicted molar refractivity (Wildman–Crippen MR) is 73.2 cm³/mol. The molecule has 18 heavy (non-hydrogen) atoms. The van der Waals surface area contributed by atoms with Crippen molar-refractivity contribution in [2.45, 2.75) is 19.4 Å². The first kappa shape index (κ1) is 12.6. The number of hydrogen-bond donors (Lipinski definition) is 2. The monoisotopic (exact) mass is 261 g/mol. The molecule has 0 aliphatic heterocycles. The van der Waals surface area contributed by atoms with Crippen LogP contribution in [-0.4, -0.2) is 10.9 Å². The van der Waals surface area contributed by atoms with Crippen LogP contribution < -0.4 is 11.1 Å². The highest BCUT2D eigenvalue weighted by Crippen LogP contribution is 2.15. The standard InChI is InChI=1S/C13H15N3OS/c1-9(13-15-5-6-18-13)16-12(17)8-10-3-2-4-11(14)7-10/h2-7,9H,8,14H2,1H3,(H,16,17). The molecule has 2 rings (SSSR count). The molecular formula is C13H15N3OS. The number of carbonyl (C=O) groups is 1. The first-order valence-electron chi connectivity index (χ1n) is 5.68. The first-order chi connectivity index (χ1) is 8.65. The van der Waals surface area contributed by atoms with Crippen molar-refractivity contribution in [1.82, 2.24) is 10.3 Å². The molecule has 0 bridgehead atoms. The van der Waals surface area contributed by atoms with Crippen molar-refractivity contribution in [3.63, 3.8) is 0 Å². The van der Waals surface area contributed by atoms with Gasteiger partial charge >= 0.3 is 0 Å². The zero-order valence-corrected chi connectivity index (χ0v) is 10.9. The Labute approximate surface area is 110 Å². The number of nitrogens with zero attached hydrogens (tertiary/aromatic N) is 1. The van der Waals surface area contributed by atoms with Crippen LogP contribution in [0.3, 0.4) is 0 Å². The molecule has 94 valence electrons. The molecule has 3 N–H and O–H groups in total. The maximum atomic E-state index is 11.9. The van der Waals surface area contributed by atoms with E-state index in [9.17, 15) is 4.79 Å². The van der Waals surface area contributed by atoms with Crippen molar-refractivity contribution in [1.29, 1.82) is 0 Å². The van der Waals surface area contributed by atoms with Crippen molar-refractivity contribution >= 4 is 22.9 Å². The number of hydrogen-bond acceptors (Lipinski definition) is 4. The summed E-state index contributed by atoms with van der Waals surface area (Å²) in [6.45, 7) is 1.93. The third-order valence-corrected chi connectivity index (χ3v) is 3.47. The predicted octanol–water partition coefficient (Wildman–Crippen LogP) is 2.15. The van der Waals surface area contributed by atoms with E-state index in [0.717, 1.165) is 10.6 Å². The van der Waals surface area contributed by atoms with Gasteiger partial charge in [0, 0.05) is 17.3 Å². The number of benzene rings is 1. The number of nitrogens with one attached hydrogen (secondary N) is 1. The van der Waals surface area contributed by atoms with Crippen LogP contribution in [0.1, 0.15) is 23.5 Å². The molecule has 4 nitrogen and oxygen atoms in total. The second kappa shape index (κ2) is 5.64. The molecule has 1 aromatic carbocycles. The fourth-order valence-electron chi connectivity index (χ4n) is 1.69. The number of rotatable bonds is 4. The van der Waals surface area contributed by atoms with Gasteiger partial charge in [-0.25, -0.2) is 4.98 Å². The zero-order chi connectivity index (χ0) is 13.0. The highest BCUT2D eigenvalue weighted by atomic mass is 32.1. The molecule has 0 fully saturated rings. The zero-order valence-electron chi connectivity index (χ0n) is 10.1. The van der Waals surface area contributed by atoms with Crippen LogP contribution in [0.4, 0.5) is 5.69 Å². The van der Waals surface area contributed by atoms with Crippen LogP contribution in [0, 0.1) is 0 Å². The van der Waals surface area contributed by atoms with E-state index in [1.807, 2.05) is 30.5 Å². The molecule has 5 heteroatoms. The molecule has 1 heterocycles. The molecule has 0 radical (unpaired) electrons. The smallest absolute Gasteiger partial charge is 0.224 e. The van der Waals surface area contributed by atoms with Crippen LogP contribution in [-0.2, 0) is 11.2 Å². The third-order valence-electron chi connectivity index (χ3n) is 2.52. The van der Waals surface area contributed by atoms with E-state index in [1.54, 1.807) is 12.3 Å². The normalized spacial score (nSPS) is 12.1. The molecule has 2 aromatic rings. The van der Waals surface area contributed by atoms with E-state index < -0.39 is 0 Å². The van der Waals surface area contributed by atoms with Gasteiger partial charge in [0.2, 0.25) is 5.91 Å². The molecule has 0 spiro atoms. The van der Waals surface area contributed by atoms with Gasteiger partial charge < -0.3 is 11.1 Å². The Balaban J connectivity index is 1.93. The van der Waals surface area contributed by atoms with Crippen LogP contribution in [0.15, 0.2) is 35.8 Å². The summed E-state index contributed by atoms with van der Waals surface area (Å²) in [6, 6.07) is 7.30. The van der Waals surface area contributed by atoms with Gasteiger partial charge in [0.25, 0.3) is 0 Å². The summed E-state index contributed by atoms with van der Waals surface area (Å²) in [5.41, 5.74) is 7.26. The molecule has 1 amide bonds. The van der Waals surface area contributed by atoms with Gasteiger partial charge in [-0.1, -0.05) is 12.1 Å². The van der Waals surface area contributed by atoms with E-state index in [4.69, 9.17) is 5.73 Å². The third kappa shape index (κ3) is 3.30. The molecule has 0 saturated heterocycles. The topological polar surface area (TPSA) is 68.0 Å². The first-order valence-corrected chi connectivity index (χ1v) is 6.56. The van der Waals surface area contributed by atoms with Crippen LogP contribution >= 0.6 is 11.3 Å². The Morgan fingerprint density at radius 2 is 2.39 bits per heavy atom. The summed E-state index contributed by atoms with van der Waals surface area (Å²) >= 11 is 1.54. The van der Waals surface area contributed by atoms with Gasteiger partial charge in [-0.2, -0.15) is 0 Å². The maximum absolute atomic E-state index is 11.9. The number of nitrogens with two attached hydrogens (primary N) is 1. The van der Waals surface area contributed by atoms with Gasteiger partial charge in [0.05, 0.1) is 12.5 Å². The Bertz CT molecular complexity index is 525. The average Bonchev–Trinajstić information content (AvgIpc) is 2.81. The van der Waals surface area contributed by atoms with E-state index in [2.05, 4.69) is 10.3 Å². The second-order valence-electron chi connectivity index (χ2n) is 4.08. The minimum Gasteiger partial charge on any atom is -0.399 e. The van der Waals surface area contributed by atoms with Crippen molar-refractivity contribution < 1.29 is 4.79 Å². The highest BCUT2D eigenvalue weighted by molar-refractivity contribution is 7.09. The fourth-order valence-corrected chi connectivity index (χ4v) is 2.34. The number of amides is 1. The minimum absolute atomic E-state index is 0.0247. The summed E-state index contributed by atoms with van der Waals surface area (Å²) in [5.74, 6) is -0.0247. The van der Waals surface area contributed by atoms with Crippen molar-refractivity contribution in [3.8, 4) is 0 Å². The highest BCUT2D eigenvalue weighted by Gasteiger charge is 2.11. The quantitative estimate of drug-likeness (QED) is 0.829. The summed E-state index contributed by atoms with van der Waals surface area (Å²) in [5, 5.41) is 5.73. The van der Waals surface area contributed by atoms with Crippen LogP contribution in [0.25, 0.3) is 0 Å². The average molecular weight is 261 g/mol. The van der Waals surface area contributed by atoms with Gasteiger partial charge in [0.1, 0.15) is 5.01 Å². The van der Waals surface area contributed by atoms with E-state index in [1.165, 1.54) is 11.3 Å². The summed E-state index contributed by atoms with van der Waals surface area (Å²) in [4.78, 5) is 16.0. The van der Waals surface area contributed by atoms with Crippen molar-refractivity contribution in [3.05, 3.63) is 46.4 Å². The van der Waals surface area contributed by atoms with Gasteiger partial charge in [-0.15, -0.1) is 11.3 Å². The van der Waals surface area contributed by atoms with E-state index in [0.29, 0.717) is 12.1 Å². The Morgan fingerprint density at radius 3 is 3.06 bits per heavy atom. The number of carbonyl (C=O) groups excluding carboxylic acids is 1. The molecule has 0 saturated carbocycles. The van der Waals surface area contributed by atoms with Crippen molar-refractivity contribution in [2.24, 2.45) is 0 Å². The van der Waals surface area contributed by atoms with Crippen LogP contribution in [0.2, 0.25) is 0 Å². The largest absolute Gasteiger partial charge is 0.399 e. The number of nitrogen functional groups attached to an aromatic ring is 1. The summed E-state index contributed by atoms with van der Waals surface area (Å²) in [7, 11) is 0. The van der Waals surface area contributed by atoms with Gasteiger partial charge in [0.15, 0.2) is 0 Å². The maximum Gasteiger partial charge on any atom is 0.224 e. The number of thiazole rings is 1. The SMILES string of the molecule is CC(NC(=O)Cc1cccc(N)c1)c1nccs1. The van der Waals surface area contributed by atoms with E-state index >= 15 is 0 Å². The fraction of sp³-hybridized carbons (Fsp3) is 0.231. The molecule has 1 aromatic heterocycles. The Morgan fingerprint density at radius 1 is 1.56 bits per heavy atom. The number of aromatic nitrogens is 1.